The van der Waals surface area contributed by atoms with Crippen molar-refractivity contribution in [2.45, 2.75) is 12.8 Å². The molecule has 0 aromatic heterocycles. The summed E-state index contributed by atoms with van der Waals surface area (Å²) >= 11 is 0. The van der Waals surface area contributed by atoms with E-state index in [9.17, 15) is 9.59 Å². The first-order valence-electron chi connectivity index (χ1n) is 9.98. The Morgan fingerprint density at radius 2 is 1.59 bits per heavy atom. The molecule has 0 bridgehead atoms. The van der Waals surface area contributed by atoms with Crippen LogP contribution in [0.15, 0.2) is 72.8 Å². The van der Waals surface area contributed by atoms with Gasteiger partial charge in [-0.3, -0.25) is 4.79 Å². The second-order valence-electron chi connectivity index (χ2n) is 7.38. The smallest absolute Gasteiger partial charge is 0.410 e. The molecule has 148 valence electrons. The molecule has 1 fully saturated rings. The van der Waals surface area contributed by atoms with E-state index in [-0.39, 0.29) is 12.0 Å². The van der Waals surface area contributed by atoms with Gasteiger partial charge in [0.05, 0.1) is 0 Å². The van der Waals surface area contributed by atoms with Gasteiger partial charge in [0.1, 0.15) is 5.75 Å². The van der Waals surface area contributed by atoms with Crippen molar-refractivity contribution in [1.82, 2.24) is 10.2 Å². The van der Waals surface area contributed by atoms with Gasteiger partial charge in [-0.15, -0.1) is 0 Å². The van der Waals surface area contributed by atoms with E-state index in [4.69, 9.17) is 4.74 Å². The maximum atomic E-state index is 12.5. The Morgan fingerprint density at radius 3 is 2.34 bits per heavy atom. The van der Waals surface area contributed by atoms with Crippen molar-refractivity contribution in [3.05, 3.63) is 78.4 Å². The predicted molar refractivity (Wildman–Crippen MR) is 113 cm³/mol. The zero-order valence-electron chi connectivity index (χ0n) is 16.2. The SMILES string of the molecule is O=C(NCC1CCN(C(=O)Oc2ccccc2)CC1)c1ccc2ccccc2c1. The van der Waals surface area contributed by atoms with Crippen LogP contribution < -0.4 is 10.1 Å². The number of hydrogen-bond donors (Lipinski definition) is 1. The van der Waals surface area contributed by atoms with Crippen LogP contribution in [0.1, 0.15) is 23.2 Å². The van der Waals surface area contributed by atoms with Crippen molar-refractivity contribution in [1.29, 1.82) is 0 Å². The van der Waals surface area contributed by atoms with Gasteiger partial charge >= 0.3 is 6.09 Å². The van der Waals surface area contributed by atoms with Crippen molar-refractivity contribution in [3.8, 4) is 5.75 Å². The molecule has 1 N–H and O–H groups in total. The van der Waals surface area contributed by atoms with Gasteiger partial charge < -0.3 is 15.0 Å². The number of hydrogen-bond acceptors (Lipinski definition) is 3. The van der Waals surface area contributed by atoms with E-state index in [2.05, 4.69) is 5.32 Å². The molecule has 3 aromatic carbocycles. The number of benzene rings is 3. The van der Waals surface area contributed by atoms with Gasteiger partial charge in [-0.2, -0.15) is 0 Å². The minimum atomic E-state index is -0.310. The van der Waals surface area contributed by atoms with E-state index in [1.807, 2.05) is 60.7 Å². The standard InChI is InChI=1S/C24H24N2O3/c27-23(21-11-10-19-6-4-5-7-20(19)16-21)25-17-18-12-14-26(15-13-18)24(28)29-22-8-2-1-3-9-22/h1-11,16,18H,12-15,17H2,(H,25,27). The summed E-state index contributed by atoms with van der Waals surface area (Å²) in [6.45, 7) is 1.90. The maximum absolute atomic E-state index is 12.5. The van der Waals surface area contributed by atoms with Crippen molar-refractivity contribution >= 4 is 22.8 Å². The highest BCUT2D eigenvalue weighted by molar-refractivity contribution is 5.98. The first kappa shape index (κ1) is 19.0. The molecular formula is C24H24N2O3. The van der Waals surface area contributed by atoms with E-state index in [1.54, 1.807) is 17.0 Å². The van der Waals surface area contributed by atoms with E-state index < -0.39 is 0 Å². The Morgan fingerprint density at radius 1 is 0.897 bits per heavy atom. The summed E-state index contributed by atoms with van der Waals surface area (Å²) in [6.07, 6.45) is 1.39. The molecule has 1 saturated heterocycles. The predicted octanol–water partition coefficient (Wildman–Crippen LogP) is 4.48. The normalized spacial score (nSPS) is 14.6. The number of rotatable bonds is 4. The van der Waals surface area contributed by atoms with Crippen LogP contribution in [0.25, 0.3) is 10.8 Å². The number of para-hydroxylation sites is 1. The number of carbonyl (C=O) groups is 2. The Hall–Kier alpha value is -3.34. The van der Waals surface area contributed by atoms with Gasteiger partial charge in [-0.05, 0) is 53.8 Å². The number of amides is 2. The maximum Gasteiger partial charge on any atom is 0.415 e. The summed E-state index contributed by atoms with van der Waals surface area (Å²) in [5.41, 5.74) is 0.674. The molecule has 0 unspecified atom stereocenters. The molecule has 4 rings (SSSR count). The molecule has 5 nitrogen and oxygen atoms in total. The van der Waals surface area contributed by atoms with Crippen LogP contribution in [0.5, 0.6) is 5.75 Å². The van der Waals surface area contributed by atoms with Crippen LogP contribution in [0.2, 0.25) is 0 Å². The van der Waals surface area contributed by atoms with Gasteiger partial charge in [0, 0.05) is 25.2 Å². The molecule has 0 aliphatic carbocycles. The molecule has 1 aliphatic rings. The molecule has 0 spiro atoms. The monoisotopic (exact) mass is 388 g/mol. The third kappa shape index (κ3) is 4.74. The van der Waals surface area contributed by atoms with Gasteiger partial charge in [-0.25, -0.2) is 4.79 Å². The van der Waals surface area contributed by atoms with Crippen molar-refractivity contribution in [2.75, 3.05) is 19.6 Å². The number of piperidine rings is 1. The van der Waals surface area contributed by atoms with E-state index >= 15 is 0 Å². The highest BCUT2D eigenvalue weighted by Crippen LogP contribution is 2.19. The van der Waals surface area contributed by atoms with Gasteiger partial charge in [0.15, 0.2) is 0 Å². The van der Waals surface area contributed by atoms with Crippen LogP contribution in [0.3, 0.4) is 0 Å². The van der Waals surface area contributed by atoms with Crippen molar-refractivity contribution < 1.29 is 14.3 Å². The van der Waals surface area contributed by atoms with Gasteiger partial charge in [0.2, 0.25) is 0 Å². The topological polar surface area (TPSA) is 58.6 Å². The van der Waals surface area contributed by atoms with E-state index in [0.717, 1.165) is 23.6 Å². The molecule has 0 atom stereocenters. The summed E-state index contributed by atoms with van der Waals surface area (Å²) in [5, 5.41) is 5.23. The minimum absolute atomic E-state index is 0.0540. The summed E-state index contributed by atoms with van der Waals surface area (Å²) in [4.78, 5) is 26.5. The lowest BCUT2D eigenvalue weighted by atomic mass is 9.97. The fourth-order valence-corrected chi connectivity index (χ4v) is 3.64. The molecule has 5 heteroatoms. The van der Waals surface area contributed by atoms with Crippen LogP contribution >= 0.6 is 0 Å². The number of likely N-dealkylation sites (tertiary alicyclic amines) is 1. The Balaban J connectivity index is 1.25. The number of ether oxygens (including phenoxy) is 1. The molecule has 1 heterocycles. The fraction of sp³-hybridized carbons (Fsp3) is 0.250. The highest BCUT2D eigenvalue weighted by atomic mass is 16.6. The van der Waals surface area contributed by atoms with Crippen LogP contribution in [0, 0.1) is 5.92 Å². The number of nitrogens with one attached hydrogen (secondary N) is 1. The average Bonchev–Trinajstić information content (AvgIpc) is 2.78. The summed E-state index contributed by atoms with van der Waals surface area (Å²) in [7, 11) is 0. The summed E-state index contributed by atoms with van der Waals surface area (Å²) < 4.78 is 5.40. The first-order chi connectivity index (χ1) is 14.2. The summed E-state index contributed by atoms with van der Waals surface area (Å²) in [6, 6.07) is 22.9. The van der Waals surface area contributed by atoms with Crippen molar-refractivity contribution in [3.63, 3.8) is 0 Å². The van der Waals surface area contributed by atoms with Crippen LogP contribution in [-0.2, 0) is 0 Å². The molecule has 0 radical (unpaired) electrons. The largest absolute Gasteiger partial charge is 0.415 e. The zero-order chi connectivity index (χ0) is 20.1. The number of carbonyl (C=O) groups excluding carboxylic acids is 2. The van der Waals surface area contributed by atoms with Gasteiger partial charge in [0.25, 0.3) is 5.91 Å². The van der Waals surface area contributed by atoms with Crippen LogP contribution in [0.4, 0.5) is 4.79 Å². The quantitative estimate of drug-likeness (QED) is 0.717. The number of nitrogens with zero attached hydrogens (tertiary/aromatic N) is 1. The number of fused-ring (bicyclic) bond motifs is 1. The third-order valence-electron chi connectivity index (χ3n) is 5.38. The molecule has 2 amide bonds. The third-order valence-corrected chi connectivity index (χ3v) is 5.38. The zero-order valence-corrected chi connectivity index (χ0v) is 16.2. The molecule has 1 aliphatic heterocycles. The average molecular weight is 388 g/mol. The Kier molecular flexibility index (Phi) is 5.75. The Bertz CT molecular complexity index is 995. The highest BCUT2D eigenvalue weighted by Gasteiger charge is 2.24. The second-order valence-corrected chi connectivity index (χ2v) is 7.38. The molecular weight excluding hydrogens is 364 g/mol. The summed E-state index contributed by atoms with van der Waals surface area (Å²) in [5.74, 6) is 0.865. The molecule has 29 heavy (non-hydrogen) atoms. The minimum Gasteiger partial charge on any atom is -0.410 e. The van der Waals surface area contributed by atoms with E-state index in [0.29, 0.717) is 36.9 Å². The van der Waals surface area contributed by atoms with Crippen molar-refractivity contribution in [2.24, 2.45) is 5.92 Å². The van der Waals surface area contributed by atoms with E-state index in [1.165, 1.54) is 0 Å². The van der Waals surface area contributed by atoms with Gasteiger partial charge in [-0.1, -0.05) is 48.5 Å². The molecule has 0 saturated carbocycles. The molecule has 3 aromatic rings. The first-order valence-corrected chi connectivity index (χ1v) is 9.98. The lowest BCUT2D eigenvalue weighted by Crippen LogP contribution is -2.42. The second kappa shape index (κ2) is 8.78. The lowest BCUT2D eigenvalue weighted by molar-refractivity contribution is 0.0931. The lowest BCUT2D eigenvalue weighted by Gasteiger charge is -2.31. The van der Waals surface area contributed by atoms with Crippen LogP contribution in [-0.4, -0.2) is 36.5 Å². The fourth-order valence-electron chi connectivity index (χ4n) is 3.64. The Labute approximate surface area is 170 Å².